The van der Waals surface area contributed by atoms with E-state index in [4.69, 9.17) is 29.6 Å². The van der Waals surface area contributed by atoms with Crippen molar-refractivity contribution in [2.24, 2.45) is 0 Å². The number of ether oxygens (including phenoxy) is 2. The molecule has 8 rings (SSSR count). The number of rotatable bonds is 6. The van der Waals surface area contributed by atoms with Gasteiger partial charge >= 0.3 is 0 Å². The van der Waals surface area contributed by atoms with Crippen LogP contribution in [0.1, 0.15) is 157 Å². The SMILES string of the molecule is CC(C)(C)c1cc(-c2cccc(-c3cc(C(C)(C)C)[nH]n3)n2)n[nH]1.CC(C)(C)c1cc(-c2cccc(-c3cc(C(C)(C)C)nn3C3CCCCO3)n2)n(C2CCCCO2)n1. The number of aromatic nitrogens is 10. The predicted octanol–water partition coefficient (Wildman–Crippen LogP) is 11.3. The van der Waals surface area contributed by atoms with Crippen molar-refractivity contribution >= 4 is 0 Å². The van der Waals surface area contributed by atoms with Gasteiger partial charge in [-0.25, -0.2) is 19.3 Å². The molecule has 2 atom stereocenters. The molecule has 60 heavy (non-hydrogen) atoms. The third-order valence-corrected chi connectivity index (χ3v) is 11.2. The Morgan fingerprint density at radius 3 is 1.20 bits per heavy atom. The molecule has 0 bridgehead atoms. The van der Waals surface area contributed by atoms with Crippen LogP contribution in [0, 0.1) is 0 Å². The molecule has 2 N–H and O–H groups in total. The minimum atomic E-state index is -0.0647. The van der Waals surface area contributed by atoms with Crippen LogP contribution in [0.4, 0.5) is 0 Å². The molecule has 0 aromatic carbocycles. The summed E-state index contributed by atoms with van der Waals surface area (Å²) < 4.78 is 16.4. The number of pyridine rings is 2. The summed E-state index contributed by atoms with van der Waals surface area (Å²) in [6.07, 6.45) is 6.36. The molecule has 2 unspecified atom stereocenters. The van der Waals surface area contributed by atoms with Gasteiger partial charge in [-0.05, 0) is 87.1 Å². The molecule has 6 aromatic rings. The molecule has 0 aliphatic carbocycles. The largest absolute Gasteiger partial charge is 0.356 e. The Labute approximate surface area is 356 Å². The molecule has 2 aliphatic rings. The van der Waals surface area contributed by atoms with Crippen LogP contribution < -0.4 is 0 Å². The summed E-state index contributed by atoms with van der Waals surface area (Å²) in [4.78, 5) is 9.92. The first-order chi connectivity index (χ1) is 28.3. The molecule has 320 valence electrons. The van der Waals surface area contributed by atoms with Crippen LogP contribution in [-0.2, 0) is 31.1 Å². The molecule has 6 aromatic heterocycles. The normalized spacial score (nSPS) is 18.0. The van der Waals surface area contributed by atoms with Crippen molar-refractivity contribution in [3.05, 3.63) is 83.4 Å². The molecular formula is C48H66N10O2. The van der Waals surface area contributed by atoms with Gasteiger partial charge in [0.15, 0.2) is 12.5 Å². The summed E-state index contributed by atoms with van der Waals surface area (Å²) in [5.41, 5.74) is 11.5. The number of aromatic amines is 2. The number of hydrogen-bond acceptors (Lipinski definition) is 8. The maximum atomic E-state index is 6.15. The summed E-state index contributed by atoms with van der Waals surface area (Å²) in [5.74, 6) is 0. The van der Waals surface area contributed by atoms with E-state index in [0.29, 0.717) is 0 Å². The van der Waals surface area contributed by atoms with Crippen molar-refractivity contribution in [2.75, 3.05) is 13.2 Å². The van der Waals surface area contributed by atoms with Gasteiger partial charge in [0.25, 0.3) is 0 Å². The highest BCUT2D eigenvalue weighted by atomic mass is 16.5. The van der Waals surface area contributed by atoms with Crippen LogP contribution in [0.5, 0.6) is 0 Å². The van der Waals surface area contributed by atoms with Crippen molar-refractivity contribution in [3.63, 3.8) is 0 Å². The van der Waals surface area contributed by atoms with Gasteiger partial charge in [0.1, 0.15) is 11.4 Å². The molecule has 2 aliphatic heterocycles. The van der Waals surface area contributed by atoms with Crippen LogP contribution in [0.2, 0.25) is 0 Å². The predicted molar refractivity (Wildman–Crippen MR) is 239 cm³/mol. The summed E-state index contributed by atoms with van der Waals surface area (Å²) in [6, 6.07) is 20.7. The molecule has 8 heterocycles. The van der Waals surface area contributed by atoms with Crippen molar-refractivity contribution in [1.82, 2.24) is 49.9 Å². The minimum absolute atomic E-state index is 0.0344. The van der Waals surface area contributed by atoms with E-state index in [1.54, 1.807) is 0 Å². The molecule has 0 radical (unpaired) electrons. The highest BCUT2D eigenvalue weighted by Gasteiger charge is 2.29. The molecule has 12 nitrogen and oxygen atoms in total. The van der Waals surface area contributed by atoms with Crippen molar-refractivity contribution in [2.45, 2.75) is 156 Å². The fourth-order valence-corrected chi connectivity index (χ4v) is 7.29. The quantitative estimate of drug-likeness (QED) is 0.170. The zero-order chi connectivity index (χ0) is 43.0. The first-order valence-electron chi connectivity index (χ1n) is 21.8. The topological polar surface area (TPSA) is 137 Å². The zero-order valence-corrected chi connectivity index (χ0v) is 38.0. The van der Waals surface area contributed by atoms with E-state index in [9.17, 15) is 0 Å². The van der Waals surface area contributed by atoms with Crippen molar-refractivity contribution < 1.29 is 9.47 Å². The van der Waals surface area contributed by atoms with Crippen molar-refractivity contribution in [1.29, 1.82) is 0 Å². The number of H-pyrrole nitrogens is 2. The lowest BCUT2D eigenvalue weighted by molar-refractivity contribution is -0.0387. The van der Waals surface area contributed by atoms with Gasteiger partial charge in [-0.1, -0.05) is 95.2 Å². The molecule has 2 saturated heterocycles. The number of nitrogens with zero attached hydrogens (tertiary/aromatic N) is 8. The average Bonchev–Trinajstić information content (AvgIpc) is 4.04. The van der Waals surface area contributed by atoms with Crippen LogP contribution in [0.25, 0.3) is 45.6 Å². The van der Waals surface area contributed by atoms with E-state index < -0.39 is 0 Å². The Morgan fingerprint density at radius 1 is 0.483 bits per heavy atom. The monoisotopic (exact) mass is 815 g/mol. The van der Waals surface area contributed by atoms with Gasteiger partial charge in [-0.15, -0.1) is 0 Å². The summed E-state index contributed by atoms with van der Waals surface area (Å²) in [7, 11) is 0. The second-order valence-electron chi connectivity index (χ2n) is 20.5. The van der Waals surface area contributed by atoms with E-state index in [1.807, 2.05) is 18.2 Å². The Hall–Kier alpha value is -4.94. The summed E-state index contributed by atoms with van der Waals surface area (Å²) in [6.45, 7) is 27.7. The maximum absolute atomic E-state index is 6.15. The van der Waals surface area contributed by atoms with E-state index >= 15 is 0 Å². The third kappa shape index (κ3) is 9.81. The first kappa shape index (κ1) is 43.2. The highest BCUT2D eigenvalue weighted by Crippen LogP contribution is 2.36. The van der Waals surface area contributed by atoms with Gasteiger partial charge in [0.05, 0.1) is 45.6 Å². The van der Waals surface area contributed by atoms with Gasteiger partial charge in [-0.3, -0.25) is 10.2 Å². The van der Waals surface area contributed by atoms with Crippen LogP contribution in [-0.4, -0.2) is 63.1 Å². The first-order valence-corrected chi connectivity index (χ1v) is 21.8. The molecule has 0 saturated carbocycles. The van der Waals surface area contributed by atoms with Gasteiger partial charge < -0.3 is 9.47 Å². The van der Waals surface area contributed by atoms with Gasteiger partial charge in [-0.2, -0.15) is 20.4 Å². The fourth-order valence-electron chi connectivity index (χ4n) is 7.29. The number of hydrogen-bond donors (Lipinski definition) is 2. The van der Waals surface area contributed by atoms with Crippen LogP contribution in [0.15, 0.2) is 60.7 Å². The lowest BCUT2D eigenvalue weighted by atomic mass is 9.92. The standard InChI is InChI=1S/C29H41N5O2.C19H25N5/c1-28(2,3)24-18-22(33(31-24)26-14-7-9-16-35-26)20-12-11-13-21(30-20)23-19-25(29(4,5)6)32-34(23)27-15-8-10-17-36-27;1-18(2,3)16-10-14(21-23-16)12-8-7-9-13(20-12)15-11-17(24-22-15)19(4,5)6/h11-13,18-19,26-27H,7-10,14-17H2,1-6H3;7-11H,1-6H3,(H,21,23)(H,22,24). The number of nitrogens with one attached hydrogen (secondary N) is 2. The second kappa shape index (κ2) is 16.8. The second-order valence-corrected chi connectivity index (χ2v) is 20.5. The van der Waals surface area contributed by atoms with Gasteiger partial charge in [0, 0.05) is 46.3 Å². The Kier molecular flexibility index (Phi) is 12.1. The molecule has 2 fully saturated rings. The highest BCUT2D eigenvalue weighted by molar-refractivity contribution is 5.64. The molecule has 12 heteroatoms. The molecule has 0 spiro atoms. The van der Waals surface area contributed by atoms with E-state index in [1.165, 1.54) is 0 Å². The lowest BCUT2D eigenvalue weighted by Crippen LogP contribution is -2.21. The summed E-state index contributed by atoms with van der Waals surface area (Å²) >= 11 is 0. The Morgan fingerprint density at radius 2 is 0.867 bits per heavy atom. The summed E-state index contributed by atoms with van der Waals surface area (Å²) in [5, 5.41) is 25.1. The van der Waals surface area contributed by atoms with E-state index in [-0.39, 0.29) is 34.1 Å². The maximum Gasteiger partial charge on any atom is 0.150 e. The average molecular weight is 815 g/mol. The van der Waals surface area contributed by atoms with Crippen LogP contribution in [0.3, 0.4) is 0 Å². The third-order valence-electron chi connectivity index (χ3n) is 11.2. The molecular weight excluding hydrogens is 749 g/mol. The van der Waals surface area contributed by atoms with E-state index in [2.05, 4.69) is 155 Å². The Balaban J connectivity index is 0.000000197. The van der Waals surface area contributed by atoms with Gasteiger partial charge in [0.2, 0.25) is 0 Å². The lowest BCUT2D eigenvalue weighted by Gasteiger charge is -2.25. The van der Waals surface area contributed by atoms with Crippen molar-refractivity contribution in [3.8, 4) is 45.6 Å². The zero-order valence-electron chi connectivity index (χ0n) is 38.0. The Bertz CT molecular complexity index is 2200. The minimum Gasteiger partial charge on any atom is -0.356 e. The van der Waals surface area contributed by atoms with E-state index in [0.717, 1.165) is 120 Å². The smallest absolute Gasteiger partial charge is 0.150 e. The van der Waals surface area contributed by atoms with Crippen LogP contribution >= 0.6 is 0 Å². The molecule has 0 amide bonds. The fraction of sp³-hybridized carbons (Fsp3) is 0.542.